The summed E-state index contributed by atoms with van der Waals surface area (Å²) in [5.74, 6) is 0.867. The first-order valence-electron chi connectivity index (χ1n) is 16.3. The molecule has 1 aliphatic heterocycles. The van der Waals surface area contributed by atoms with Gasteiger partial charge in [0.1, 0.15) is 6.29 Å². The molecule has 3 heterocycles. The van der Waals surface area contributed by atoms with Crippen molar-refractivity contribution in [3.05, 3.63) is 108 Å². The number of aromatic nitrogens is 2. The molecule has 4 aromatic carbocycles. The maximum absolute atomic E-state index is 11.3. The number of pyridine rings is 1. The molecule has 2 aromatic heterocycles. The normalized spacial score (nSPS) is 16.0. The summed E-state index contributed by atoms with van der Waals surface area (Å²) in [7, 11) is 3.76. The van der Waals surface area contributed by atoms with Crippen molar-refractivity contribution in [3.63, 3.8) is 0 Å². The zero-order valence-corrected chi connectivity index (χ0v) is 28.6. The summed E-state index contributed by atoms with van der Waals surface area (Å²) in [5.41, 5.74) is 13.5. The molecule has 238 valence electrons. The number of piperidine rings is 1. The summed E-state index contributed by atoms with van der Waals surface area (Å²) >= 11 is 0. The predicted molar refractivity (Wildman–Crippen MR) is 196 cm³/mol. The van der Waals surface area contributed by atoms with Gasteiger partial charge in [-0.3, -0.25) is 14.7 Å². The van der Waals surface area contributed by atoms with Gasteiger partial charge in [0.05, 0.1) is 16.6 Å². The summed E-state index contributed by atoms with van der Waals surface area (Å²) in [6.45, 7) is 13.8. The Morgan fingerprint density at radius 2 is 1.48 bits per heavy atom. The molecule has 5 heteroatoms. The number of nitrogens with two attached hydrogens (primary N) is 1. The molecule has 0 atom stereocenters. The second-order valence-electron chi connectivity index (χ2n) is 13.8. The van der Waals surface area contributed by atoms with E-state index in [1.165, 1.54) is 30.7 Å². The van der Waals surface area contributed by atoms with Crippen molar-refractivity contribution in [2.75, 3.05) is 14.1 Å². The first kappa shape index (κ1) is 33.1. The highest BCUT2D eigenvalue weighted by Crippen LogP contribution is 2.40. The number of para-hydroxylation sites is 2. The smallest absolute Gasteiger partial charge is 0.150 e. The number of fused-ring (bicyclic) bond motifs is 4. The molecule has 46 heavy (non-hydrogen) atoms. The average molecular weight is 613 g/mol. The number of benzene rings is 4. The van der Waals surface area contributed by atoms with Crippen LogP contribution < -0.4 is 5.73 Å². The summed E-state index contributed by atoms with van der Waals surface area (Å²) in [6, 6.07) is 31.4. The quantitative estimate of drug-likeness (QED) is 0.202. The minimum atomic E-state index is 0.376. The van der Waals surface area contributed by atoms with Crippen LogP contribution in [0.3, 0.4) is 0 Å². The minimum Gasteiger partial charge on any atom is -0.333 e. The first-order chi connectivity index (χ1) is 22.0. The second kappa shape index (κ2) is 13.2. The Balaban J connectivity index is 0.000000252. The number of carbonyl (C=O) groups is 1. The molecule has 2 N–H and O–H groups in total. The number of hydrogen-bond donors (Lipinski definition) is 1. The summed E-state index contributed by atoms with van der Waals surface area (Å²) in [5, 5.41) is 3.53. The van der Waals surface area contributed by atoms with Gasteiger partial charge >= 0.3 is 0 Å². The van der Waals surface area contributed by atoms with E-state index < -0.39 is 0 Å². The predicted octanol–water partition coefficient (Wildman–Crippen LogP) is 9.60. The van der Waals surface area contributed by atoms with Crippen LogP contribution in [-0.4, -0.2) is 45.9 Å². The van der Waals surface area contributed by atoms with Gasteiger partial charge in [0.15, 0.2) is 0 Å². The number of aldehydes is 1. The van der Waals surface area contributed by atoms with Crippen LogP contribution in [0.4, 0.5) is 0 Å². The van der Waals surface area contributed by atoms with E-state index >= 15 is 0 Å². The zero-order chi connectivity index (χ0) is 33.2. The van der Waals surface area contributed by atoms with Crippen LogP contribution in [0.25, 0.3) is 49.5 Å². The highest BCUT2D eigenvalue weighted by molar-refractivity contribution is 6.16. The fraction of sp³-hybridized carbons (Fsp3) is 0.317. The van der Waals surface area contributed by atoms with Crippen molar-refractivity contribution < 1.29 is 4.79 Å². The van der Waals surface area contributed by atoms with Gasteiger partial charge in [-0.25, -0.2) is 0 Å². The lowest BCUT2D eigenvalue weighted by atomic mass is 9.75. The third-order valence-electron chi connectivity index (χ3n) is 9.75. The van der Waals surface area contributed by atoms with Gasteiger partial charge in [-0.1, -0.05) is 55.5 Å². The van der Waals surface area contributed by atoms with Gasteiger partial charge < -0.3 is 10.3 Å². The van der Waals surface area contributed by atoms with Gasteiger partial charge in [0, 0.05) is 50.2 Å². The van der Waals surface area contributed by atoms with E-state index in [0.29, 0.717) is 11.1 Å². The Bertz CT molecular complexity index is 1980. The molecule has 1 fully saturated rings. The lowest BCUT2D eigenvalue weighted by molar-refractivity contribution is -0.0255. The van der Waals surface area contributed by atoms with Crippen molar-refractivity contribution in [2.24, 2.45) is 11.7 Å². The Morgan fingerprint density at radius 1 is 0.826 bits per heavy atom. The third kappa shape index (κ3) is 6.22. The van der Waals surface area contributed by atoms with E-state index in [2.05, 4.69) is 118 Å². The zero-order valence-electron chi connectivity index (χ0n) is 28.6. The van der Waals surface area contributed by atoms with Gasteiger partial charge in [0.2, 0.25) is 0 Å². The van der Waals surface area contributed by atoms with Crippen molar-refractivity contribution in [2.45, 2.75) is 65.5 Å². The highest BCUT2D eigenvalue weighted by atomic mass is 16.1. The molecule has 0 spiro atoms. The topological polar surface area (TPSA) is 64.2 Å². The lowest BCUT2D eigenvalue weighted by Gasteiger charge is -2.53. The largest absolute Gasteiger partial charge is 0.333 e. The van der Waals surface area contributed by atoms with Crippen LogP contribution in [-0.2, 0) is 0 Å². The Morgan fingerprint density at radius 3 is 2.17 bits per heavy atom. The van der Waals surface area contributed by atoms with Gasteiger partial charge in [0.25, 0.3) is 0 Å². The number of hydrogen-bond acceptors (Lipinski definition) is 4. The van der Waals surface area contributed by atoms with E-state index in [-0.39, 0.29) is 0 Å². The average Bonchev–Trinajstić information content (AvgIpc) is 3.39. The summed E-state index contributed by atoms with van der Waals surface area (Å²) in [4.78, 5) is 18.6. The third-order valence-corrected chi connectivity index (χ3v) is 9.75. The van der Waals surface area contributed by atoms with Crippen molar-refractivity contribution in [3.8, 4) is 16.8 Å². The first-order valence-corrected chi connectivity index (χ1v) is 16.3. The van der Waals surface area contributed by atoms with E-state index in [4.69, 9.17) is 4.98 Å². The number of aryl methyl sites for hydroxylation is 1. The molecular weight excluding hydrogens is 564 g/mol. The van der Waals surface area contributed by atoms with Gasteiger partial charge in [-0.2, -0.15) is 0 Å². The molecule has 0 radical (unpaired) electrons. The SMILES string of the molecule is CC1CC(C)(C)N(C)C(C)(C)C1.CN.Cc1cc(-n2c3ccccc3c3c(-c4cnc5ccccc5c4)cccc32)ccc1C=O. The van der Waals surface area contributed by atoms with Crippen LogP contribution in [0.15, 0.2) is 97.2 Å². The van der Waals surface area contributed by atoms with Crippen LogP contribution in [0.1, 0.15) is 63.4 Å². The van der Waals surface area contributed by atoms with E-state index in [1.807, 2.05) is 43.5 Å². The molecule has 6 aromatic rings. The maximum Gasteiger partial charge on any atom is 0.150 e. The molecule has 7 rings (SSSR count). The Kier molecular flexibility index (Phi) is 9.48. The fourth-order valence-corrected chi connectivity index (χ4v) is 7.56. The molecule has 5 nitrogen and oxygen atoms in total. The van der Waals surface area contributed by atoms with Crippen LogP contribution >= 0.6 is 0 Å². The standard InChI is InChI=1S/C29H20N2O.C11H23N.CH5N/c1-19-15-23(14-13-21(19)18-32)31-27-11-5-3-8-25(27)29-24(9-6-12-28(29)31)22-16-20-7-2-4-10-26(20)30-17-22;1-9-7-10(2,3)12(6)11(4,5)8-9;1-2/h2-18H,1H3;9H,7-8H2,1-6H3;2H2,1H3. The lowest BCUT2D eigenvalue weighted by Crippen LogP contribution is -2.58. The van der Waals surface area contributed by atoms with Crippen molar-refractivity contribution in [1.29, 1.82) is 0 Å². The fourth-order valence-electron chi connectivity index (χ4n) is 7.56. The Labute approximate surface area is 274 Å². The Hall–Kier alpha value is -4.32. The second-order valence-corrected chi connectivity index (χ2v) is 13.8. The number of likely N-dealkylation sites (tertiary alicyclic amines) is 1. The van der Waals surface area contributed by atoms with Gasteiger partial charge in [-0.15, -0.1) is 0 Å². The van der Waals surface area contributed by atoms with Crippen LogP contribution in [0.2, 0.25) is 0 Å². The van der Waals surface area contributed by atoms with Crippen LogP contribution in [0, 0.1) is 12.8 Å². The molecule has 0 bridgehead atoms. The minimum absolute atomic E-state index is 0.376. The molecule has 0 amide bonds. The molecular formula is C41H48N4O. The van der Waals surface area contributed by atoms with E-state index in [9.17, 15) is 4.79 Å². The monoisotopic (exact) mass is 612 g/mol. The number of nitrogens with zero attached hydrogens (tertiary/aromatic N) is 3. The van der Waals surface area contributed by atoms with Gasteiger partial charge in [-0.05, 0) is 121 Å². The molecule has 0 unspecified atom stereocenters. The van der Waals surface area contributed by atoms with Crippen LogP contribution in [0.5, 0.6) is 0 Å². The molecule has 0 saturated carbocycles. The molecule has 1 saturated heterocycles. The molecule has 1 aliphatic rings. The molecule has 0 aliphatic carbocycles. The van der Waals surface area contributed by atoms with E-state index in [0.717, 1.165) is 62.1 Å². The maximum atomic E-state index is 11.3. The summed E-state index contributed by atoms with van der Waals surface area (Å²) < 4.78 is 2.28. The van der Waals surface area contributed by atoms with Crippen molar-refractivity contribution in [1.82, 2.24) is 14.5 Å². The number of rotatable bonds is 3. The number of carbonyl (C=O) groups excluding carboxylic acids is 1. The summed E-state index contributed by atoms with van der Waals surface area (Å²) in [6.07, 6.45) is 5.53. The highest BCUT2D eigenvalue weighted by Gasteiger charge is 2.41. The van der Waals surface area contributed by atoms with Crippen molar-refractivity contribution >= 4 is 39.0 Å². The van der Waals surface area contributed by atoms with E-state index in [1.54, 1.807) is 0 Å².